The summed E-state index contributed by atoms with van der Waals surface area (Å²) < 4.78 is 40.4. The largest absolute Gasteiger partial charge is 0.416 e. The summed E-state index contributed by atoms with van der Waals surface area (Å²) in [5.74, 6) is -0.421. The lowest BCUT2D eigenvalue weighted by Gasteiger charge is -2.10. The molecule has 0 aliphatic heterocycles. The third-order valence-electron chi connectivity index (χ3n) is 4.24. The molecule has 1 aromatic carbocycles. The van der Waals surface area contributed by atoms with Crippen molar-refractivity contribution in [3.05, 3.63) is 63.7 Å². The highest BCUT2D eigenvalue weighted by atomic mass is 19.4. The van der Waals surface area contributed by atoms with Crippen LogP contribution in [-0.4, -0.2) is 20.3 Å². The van der Waals surface area contributed by atoms with Crippen LogP contribution in [0.2, 0.25) is 0 Å². The first-order chi connectivity index (χ1) is 12.7. The monoisotopic (exact) mass is 378 g/mol. The number of hydrogen-bond donors (Lipinski definition) is 1. The number of carbonyl (C=O) groups excluding carboxylic acids is 1. The number of aromatic nitrogens is 3. The molecule has 0 fully saturated rings. The molecule has 3 rings (SSSR count). The highest BCUT2D eigenvalue weighted by Gasteiger charge is 2.29. The molecule has 0 radical (unpaired) electrons. The van der Waals surface area contributed by atoms with E-state index in [-0.39, 0.29) is 18.6 Å². The fourth-order valence-electron chi connectivity index (χ4n) is 2.84. The number of nitrogens with one attached hydrogen (secondary N) is 1. The average molecular weight is 378 g/mol. The number of fused-ring (bicyclic) bond motifs is 1. The Morgan fingerprint density at radius 1 is 1.19 bits per heavy atom. The van der Waals surface area contributed by atoms with Gasteiger partial charge in [0.25, 0.3) is 5.56 Å². The highest BCUT2D eigenvalue weighted by Crippen LogP contribution is 2.29. The Morgan fingerprint density at radius 3 is 2.48 bits per heavy atom. The molecule has 0 spiro atoms. The van der Waals surface area contributed by atoms with E-state index >= 15 is 0 Å². The minimum Gasteiger partial charge on any atom is -0.350 e. The number of nitrogens with zero attached hydrogens (tertiary/aromatic N) is 3. The quantitative estimate of drug-likeness (QED) is 0.758. The van der Waals surface area contributed by atoms with Crippen LogP contribution in [0.15, 0.2) is 41.3 Å². The third-order valence-corrected chi connectivity index (χ3v) is 4.24. The number of alkyl halides is 3. The first-order valence-corrected chi connectivity index (χ1v) is 8.12. The van der Waals surface area contributed by atoms with Gasteiger partial charge >= 0.3 is 6.18 Å². The Labute approximate surface area is 152 Å². The Hall–Kier alpha value is -3.10. The number of amides is 1. The van der Waals surface area contributed by atoms with Gasteiger partial charge in [0.2, 0.25) is 5.91 Å². The van der Waals surface area contributed by atoms with Gasteiger partial charge in [0.15, 0.2) is 0 Å². The molecule has 0 aliphatic carbocycles. The third kappa shape index (κ3) is 3.86. The number of benzene rings is 1. The summed E-state index contributed by atoms with van der Waals surface area (Å²) in [6.45, 7) is 1.67. The molecule has 0 unspecified atom stereocenters. The molecule has 0 saturated carbocycles. The van der Waals surface area contributed by atoms with Crippen molar-refractivity contribution in [1.29, 1.82) is 0 Å². The number of carbonyl (C=O) groups is 1. The van der Waals surface area contributed by atoms with Crippen molar-refractivity contribution in [2.24, 2.45) is 7.05 Å². The van der Waals surface area contributed by atoms with Gasteiger partial charge in [0, 0.05) is 25.2 Å². The molecule has 0 bridgehead atoms. The molecule has 2 heterocycles. The number of halogens is 3. The van der Waals surface area contributed by atoms with Crippen molar-refractivity contribution in [2.45, 2.75) is 26.2 Å². The van der Waals surface area contributed by atoms with Crippen LogP contribution in [0.1, 0.15) is 16.8 Å². The molecule has 6 nitrogen and oxygen atoms in total. The van der Waals surface area contributed by atoms with Crippen LogP contribution in [-0.2, 0) is 31.1 Å². The predicted molar refractivity (Wildman–Crippen MR) is 93.0 cm³/mol. The maximum absolute atomic E-state index is 12.5. The van der Waals surface area contributed by atoms with E-state index < -0.39 is 17.6 Å². The fraction of sp³-hybridized carbons (Fsp3) is 0.278. The molecule has 0 atom stereocenters. The van der Waals surface area contributed by atoms with Gasteiger partial charge < -0.3 is 9.88 Å². The van der Waals surface area contributed by atoms with E-state index in [0.717, 1.165) is 23.2 Å². The first kappa shape index (κ1) is 18.7. The molecule has 1 N–H and O–H groups in total. The van der Waals surface area contributed by atoms with E-state index in [1.807, 2.05) is 0 Å². The van der Waals surface area contributed by atoms with E-state index in [2.05, 4.69) is 10.4 Å². The Balaban J connectivity index is 1.68. The summed E-state index contributed by atoms with van der Waals surface area (Å²) in [6, 6.07) is 6.26. The minimum atomic E-state index is -4.40. The van der Waals surface area contributed by atoms with Crippen LogP contribution >= 0.6 is 0 Å². The molecule has 1 amide bonds. The van der Waals surface area contributed by atoms with Gasteiger partial charge in [0.05, 0.1) is 11.3 Å². The van der Waals surface area contributed by atoms with Crippen LogP contribution in [0.3, 0.4) is 0 Å². The van der Waals surface area contributed by atoms with E-state index in [0.29, 0.717) is 11.1 Å². The fourth-order valence-corrected chi connectivity index (χ4v) is 2.84. The number of aryl methyl sites for hydroxylation is 2. The van der Waals surface area contributed by atoms with Crippen molar-refractivity contribution >= 4 is 16.8 Å². The molecule has 2 aromatic heterocycles. The van der Waals surface area contributed by atoms with Crippen molar-refractivity contribution in [3.63, 3.8) is 0 Å². The molecule has 3 aromatic rings. The van der Waals surface area contributed by atoms with Crippen molar-refractivity contribution in [1.82, 2.24) is 19.7 Å². The second-order valence-corrected chi connectivity index (χ2v) is 6.19. The maximum atomic E-state index is 12.5. The molecule has 0 saturated heterocycles. The molecule has 27 heavy (non-hydrogen) atoms. The summed E-state index contributed by atoms with van der Waals surface area (Å²) in [6.07, 6.45) is -2.87. The zero-order chi connectivity index (χ0) is 19.8. The Morgan fingerprint density at radius 2 is 1.85 bits per heavy atom. The smallest absolute Gasteiger partial charge is 0.350 e. The van der Waals surface area contributed by atoms with Crippen LogP contribution < -0.4 is 10.9 Å². The summed E-state index contributed by atoms with van der Waals surface area (Å²) in [4.78, 5) is 24.6. The van der Waals surface area contributed by atoms with Crippen LogP contribution in [0.25, 0.3) is 10.9 Å². The van der Waals surface area contributed by atoms with E-state index in [1.54, 1.807) is 20.0 Å². The summed E-state index contributed by atoms with van der Waals surface area (Å²) in [5, 5.41) is 7.52. The van der Waals surface area contributed by atoms with Gasteiger partial charge in [0.1, 0.15) is 12.1 Å². The lowest BCUT2D eigenvalue weighted by atomic mass is 10.1. The van der Waals surface area contributed by atoms with Crippen LogP contribution in [0.5, 0.6) is 0 Å². The van der Waals surface area contributed by atoms with Crippen molar-refractivity contribution < 1.29 is 18.0 Å². The van der Waals surface area contributed by atoms with Gasteiger partial charge in [-0.05, 0) is 30.7 Å². The summed E-state index contributed by atoms with van der Waals surface area (Å²) in [7, 11) is 1.66. The van der Waals surface area contributed by atoms with Crippen molar-refractivity contribution in [3.8, 4) is 0 Å². The van der Waals surface area contributed by atoms with E-state index in [9.17, 15) is 22.8 Å². The van der Waals surface area contributed by atoms with Crippen molar-refractivity contribution in [2.75, 3.05) is 0 Å². The van der Waals surface area contributed by atoms with Gasteiger partial charge in [-0.25, -0.2) is 0 Å². The molecular weight excluding hydrogens is 361 g/mol. The SMILES string of the molecule is Cc1nn(C)c2c(=O)n(CC(=O)NCc3ccc(C(F)(F)F)cc3)ccc12. The van der Waals surface area contributed by atoms with Crippen LogP contribution in [0.4, 0.5) is 13.2 Å². The van der Waals surface area contributed by atoms with Gasteiger partial charge in [-0.15, -0.1) is 0 Å². The lowest BCUT2D eigenvalue weighted by molar-refractivity contribution is -0.137. The second kappa shape index (κ2) is 6.90. The number of hydrogen-bond acceptors (Lipinski definition) is 3. The molecule has 0 aliphatic rings. The molecular formula is C18H17F3N4O2. The maximum Gasteiger partial charge on any atom is 0.416 e. The van der Waals surface area contributed by atoms with E-state index in [4.69, 9.17) is 0 Å². The van der Waals surface area contributed by atoms with Crippen LogP contribution in [0, 0.1) is 6.92 Å². The molecule has 9 heteroatoms. The van der Waals surface area contributed by atoms with Gasteiger partial charge in [-0.3, -0.25) is 14.3 Å². The second-order valence-electron chi connectivity index (χ2n) is 6.19. The minimum absolute atomic E-state index is 0.0682. The Bertz CT molecular complexity index is 1050. The number of pyridine rings is 1. The van der Waals surface area contributed by atoms with Gasteiger partial charge in [-0.2, -0.15) is 18.3 Å². The standard InChI is InChI=1S/C18H17F3N4O2/c1-11-14-7-8-25(17(27)16(14)24(2)23-11)10-15(26)22-9-12-3-5-13(6-4-12)18(19,20)21/h3-8H,9-10H2,1-2H3,(H,22,26). The summed E-state index contributed by atoms with van der Waals surface area (Å²) in [5.41, 5.74) is 0.583. The summed E-state index contributed by atoms with van der Waals surface area (Å²) >= 11 is 0. The van der Waals surface area contributed by atoms with Gasteiger partial charge in [-0.1, -0.05) is 12.1 Å². The topological polar surface area (TPSA) is 68.9 Å². The highest BCUT2D eigenvalue weighted by molar-refractivity contribution is 5.81. The zero-order valence-electron chi connectivity index (χ0n) is 14.7. The Kier molecular flexibility index (Phi) is 4.77. The number of rotatable bonds is 4. The molecule has 142 valence electrons. The zero-order valence-corrected chi connectivity index (χ0v) is 14.7. The average Bonchev–Trinajstić information content (AvgIpc) is 2.89. The van der Waals surface area contributed by atoms with E-state index in [1.165, 1.54) is 27.6 Å². The lowest BCUT2D eigenvalue weighted by Crippen LogP contribution is -2.32. The normalized spacial score (nSPS) is 11.7. The predicted octanol–water partition coefficient (Wildman–Crippen LogP) is 2.38. The first-order valence-electron chi connectivity index (χ1n) is 8.12.